The number of hydrogen-bond acceptors (Lipinski definition) is 6. The number of hydrogen-bond donors (Lipinski definition) is 1. The van der Waals surface area contributed by atoms with E-state index >= 15 is 0 Å². The highest BCUT2D eigenvalue weighted by Crippen LogP contribution is 2.33. The molecule has 0 saturated carbocycles. The lowest BCUT2D eigenvalue weighted by atomic mass is 10.2. The second kappa shape index (κ2) is 6.97. The Morgan fingerprint density at radius 1 is 1.08 bits per heavy atom. The maximum atomic E-state index is 6.33. The second-order valence-corrected chi connectivity index (χ2v) is 6.40. The average Bonchev–Trinajstić information content (AvgIpc) is 3.30. The van der Waals surface area contributed by atoms with Gasteiger partial charge in [-0.05, 0) is 19.1 Å². The van der Waals surface area contributed by atoms with Crippen LogP contribution in [0.4, 0.5) is 5.82 Å². The van der Waals surface area contributed by atoms with Crippen molar-refractivity contribution in [2.75, 3.05) is 12.3 Å². The summed E-state index contributed by atoms with van der Waals surface area (Å²) >= 11 is 1.50. The Morgan fingerprint density at radius 3 is 2.65 bits per heavy atom. The molecule has 7 heteroatoms. The van der Waals surface area contributed by atoms with Crippen LogP contribution in [0.5, 0.6) is 5.75 Å². The Balaban J connectivity index is 1.72. The predicted octanol–water partition coefficient (Wildman–Crippen LogP) is 4.04. The van der Waals surface area contributed by atoms with Gasteiger partial charge in [-0.25, -0.2) is 4.98 Å². The van der Waals surface area contributed by atoms with Crippen molar-refractivity contribution >= 4 is 17.2 Å². The molecule has 0 fully saturated rings. The van der Waals surface area contributed by atoms with Crippen LogP contribution in [0.2, 0.25) is 0 Å². The van der Waals surface area contributed by atoms with E-state index in [9.17, 15) is 0 Å². The third-order valence-electron chi connectivity index (χ3n) is 3.87. The van der Waals surface area contributed by atoms with Crippen molar-refractivity contribution in [3.05, 3.63) is 60.0 Å². The van der Waals surface area contributed by atoms with Gasteiger partial charge in [0.2, 0.25) is 0 Å². The van der Waals surface area contributed by atoms with Crippen LogP contribution in [0.1, 0.15) is 6.92 Å². The number of thiazole rings is 1. The molecule has 26 heavy (non-hydrogen) atoms. The molecule has 0 aliphatic rings. The highest BCUT2D eigenvalue weighted by atomic mass is 32.1. The Hall–Kier alpha value is -3.19. The van der Waals surface area contributed by atoms with Gasteiger partial charge in [0.15, 0.2) is 11.5 Å². The predicted molar refractivity (Wildman–Crippen MR) is 103 cm³/mol. The molecule has 0 bridgehead atoms. The third kappa shape index (κ3) is 2.93. The van der Waals surface area contributed by atoms with Gasteiger partial charge in [0.05, 0.1) is 12.3 Å². The normalized spacial score (nSPS) is 10.8. The average molecular weight is 363 g/mol. The third-order valence-corrected chi connectivity index (χ3v) is 4.72. The lowest BCUT2D eigenvalue weighted by molar-refractivity contribution is 0.338. The highest BCUT2D eigenvalue weighted by Gasteiger charge is 2.18. The largest absolute Gasteiger partial charge is 0.492 e. The van der Waals surface area contributed by atoms with E-state index in [2.05, 4.69) is 15.3 Å². The number of para-hydroxylation sites is 2. The molecular formula is C19H17N5OS. The fourth-order valence-electron chi connectivity index (χ4n) is 2.65. The summed E-state index contributed by atoms with van der Waals surface area (Å²) in [6, 6.07) is 17.6. The molecule has 0 amide bonds. The van der Waals surface area contributed by atoms with E-state index < -0.39 is 0 Å². The second-order valence-electron chi connectivity index (χ2n) is 5.54. The SMILES string of the molecule is CCOc1ccccc1-n1nnc(-c2nc(-c3ccccc3)cs2)c1N. The first kappa shape index (κ1) is 16.3. The van der Waals surface area contributed by atoms with E-state index in [0.29, 0.717) is 23.9 Å². The van der Waals surface area contributed by atoms with Crippen LogP contribution in [0.25, 0.3) is 27.6 Å². The number of rotatable bonds is 5. The summed E-state index contributed by atoms with van der Waals surface area (Å²) in [5.74, 6) is 1.15. The topological polar surface area (TPSA) is 78.8 Å². The van der Waals surface area contributed by atoms with Crippen molar-refractivity contribution in [1.29, 1.82) is 0 Å². The van der Waals surface area contributed by atoms with Gasteiger partial charge >= 0.3 is 0 Å². The molecule has 0 radical (unpaired) electrons. The Labute approximate surface area is 154 Å². The minimum Gasteiger partial charge on any atom is -0.492 e. The van der Waals surface area contributed by atoms with E-state index in [1.54, 1.807) is 4.68 Å². The molecular weight excluding hydrogens is 346 g/mol. The van der Waals surface area contributed by atoms with Crippen LogP contribution in [-0.4, -0.2) is 26.6 Å². The first-order valence-electron chi connectivity index (χ1n) is 8.22. The number of benzene rings is 2. The van der Waals surface area contributed by atoms with Crippen molar-refractivity contribution in [3.8, 4) is 33.4 Å². The van der Waals surface area contributed by atoms with Crippen LogP contribution >= 0.6 is 11.3 Å². The Morgan fingerprint density at radius 2 is 1.85 bits per heavy atom. The Bertz CT molecular complexity index is 1030. The summed E-state index contributed by atoms with van der Waals surface area (Å²) in [5.41, 5.74) is 9.61. The molecule has 130 valence electrons. The summed E-state index contributed by atoms with van der Waals surface area (Å²) in [7, 11) is 0. The highest BCUT2D eigenvalue weighted by molar-refractivity contribution is 7.13. The lowest BCUT2D eigenvalue weighted by Gasteiger charge is -2.10. The van der Waals surface area contributed by atoms with Gasteiger partial charge in [-0.15, -0.1) is 16.4 Å². The molecule has 6 nitrogen and oxygen atoms in total. The van der Waals surface area contributed by atoms with Gasteiger partial charge in [0.25, 0.3) is 0 Å². The van der Waals surface area contributed by atoms with Crippen molar-refractivity contribution in [2.45, 2.75) is 6.92 Å². The van der Waals surface area contributed by atoms with E-state index in [4.69, 9.17) is 10.5 Å². The molecule has 0 saturated heterocycles. The zero-order chi connectivity index (χ0) is 17.9. The number of anilines is 1. The van der Waals surface area contributed by atoms with Gasteiger partial charge in [0, 0.05) is 10.9 Å². The maximum Gasteiger partial charge on any atom is 0.165 e. The zero-order valence-electron chi connectivity index (χ0n) is 14.2. The number of nitrogens with two attached hydrogens (primary N) is 1. The summed E-state index contributed by atoms with van der Waals surface area (Å²) in [4.78, 5) is 4.67. The minimum atomic E-state index is 0.436. The minimum absolute atomic E-state index is 0.436. The quantitative estimate of drug-likeness (QED) is 0.579. The van der Waals surface area contributed by atoms with E-state index in [0.717, 1.165) is 22.0 Å². The van der Waals surface area contributed by atoms with Gasteiger partial charge in [-0.3, -0.25) is 0 Å². The smallest absolute Gasteiger partial charge is 0.165 e. The lowest BCUT2D eigenvalue weighted by Crippen LogP contribution is -2.05. The van der Waals surface area contributed by atoms with Crippen molar-refractivity contribution in [3.63, 3.8) is 0 Å². The van der Waals surface area contributed by atoms with Crippen molar-refractivity contribution < 1.29 is 4.74 Å². The van der Waals surface area contributed by atoms with Crippen LogP contribution in [0.3, 0.4) is 0 Å². The van der Waals surface area contributed by atoms with E-state index in [-0.39, 0.29) is 0 Å². The van der Waals surface area contributed by atoms with Crippen molar-refractivity contribution in [2.24, 2.45) is 0 Å². The van der Waals surface area contributed by atoms with E-state index in [1.807, 2.05) is 66.9 Å². The maximum absolute atomic E-state index is 6.33. The monoisotopic (exact) mass is 363 g/mol. The van der Waals surface area contributed by atoms with E-state index in [1.165, 1.54) is 11.3 Å². The standard InChI is InChI=1S/C19H17N5OS/c1-2-25-16-11-7-6-10-15(16)24-18(20)17(22-23-24)19-21-14(12-26-19)13-8-4-3-5-9-13/h3-12H,2,20H2,1H3. The summed E-state index contributed by atoms with van der Waals surface area (Å²) in [6.45, 7) is 2.50. The molecule has 0 spiro atoms. The van der Waals surface area contributed by atoms with Crippen LogP contribution in [0.15, 0.2) is 60.0 Å². The number of ether oxygens (including phenoxy) is 1. The molecule has 2 aromatic heterocycles. The molecule has 0 atom stereocenters. The first-order valence-corrected chi connectivity index (χ1v) is 9.10. The summed E-state index contributed by atoms with van der Waals surface area (Å²) in [6.07, 6.45) is 0. The number of nitrogens with zero attached hydrogens (tertiary/aromatic N) is 4. The molecule has 4 rings (SSSR count). The van der Waals surface area contributed by atoms with Crippen LogP contribution in [0, 0.1) is 0 Å². The van der Waals surface area contributed by atoms with Gasteiger partial charge in [0.1, 0.15) is 16.4 Å². The molecule has 0 aliphatic carbocycles. The number of nitrogen functional groups attached to an aromatic ring is 1. The molecule has 4 aromatic rings. The molecule has 2 N–H and O–H groups in total. The van der Waals surface area contributed by atoms with Gasteiger partial charge < -0.3 is 10.5 Å². The fraction of sp³-hybridized carbons (Fsp3) is 0.105. The molecule has 2 aromatic carbocycles. The molecule has 0 aliphatic heterocycles. The Kier molecular flexibility index (Phi) is 4.37. The first-order chi connectivity index (χ1) is 12.8. The fourth-order valence-corrected chi connectivity index (χ4v) is 3.47. The van der Waals surface area contributed by atoms with Crippen LogP contribution in [-0.2, 0) is 0 Å². The van der Waals surface area contributed by atoms with Crippen molar-refractivity contribution in [1.82, 2.24) is 20.0 Å². The molecule has 0 unspecified atom stereocenters. The summed E-state index contributed by atoms with van der Waals surface area (Å²) in [5, 5.41) is 11.2. The summed E-state index contributed by atoms with van der Waals surface area (Å²) < 4.78 is 7.25. The van der Waals surface area contributed by atoms with Gasteiger partial charge in [-0.2, -0.15) is 4.68 Å². The zero-order valence-corrected chi connectivity index (χ0v) is 15.0. The number of aromatic nitrogens is 4. The molecule has 2 heterocycles. The van der Waals surface area contributed by atoms with Crippen LogP contribution < -0.4 is 10.5 Å². The van der Waals surface area contributed by atoms with Gasteiger partial charge in [-0.1, -0.05) is 47.7 Å².